The van der Waals surface area contributed by atoms with Gasteiger partial charge < -0.3 is 19.4 Å². The number of hydrogen-bond acceptors (Lipinski definition) is 7. The number of carbonyl (C=O) groups excluding carboxylic acids is 1. The summed E-state index contributed by atoms with van der Waals surface area (Å²) in [6.07, 6.45) is 1.62. The molecular weight excluding hydrogens is 367 g/mol. The van der Waals surface area contributed by atoms with E-state index in [1.54, 1.807) is 19.1 Å². The van der Waals surface area contributed by atoms with Crippen LogP contribution in [0.25, 0.3) is 11.3 Å². The molecule has 1 amide bonds. The molecule has 9 heteroatoms. The van der Waals surface area contributed by atoms with E-state index in [9.17, 15) is 14.3 Å². The molecular formula is C19H21FN4O4. The summed E-state index contributed by atoms with van der Waals surface area (Å²) in [7, 11) is 0. The molecule has 28 heavy (non-hydrogen) atoms. The van der Waals surface area contributed by atoms with Crippen molar-refractivity contribution in [1.82, 2.24) is 20.7 Å². The second-order valence-corrected chi connectivity index (χ2v) is 6.64. The van der Waals surface area contributed by atoms with Crippen LogP contribution in [0.1, 0.15) is 49.3 Å². The number of halogens is 1. The Bertz CT molecular complexity index is 901. The summed E-state index contributed by atoms with van der Waals surface area (Å²) in [5.41, 5.74) is 1.65. The van der Waals surface area contributed by atoms with Crippen molar-refractivity contribution in [2.45, 2.75) is 44.8 Å². The normalized spacial score (nSPS) is 19.1. The predicted octanol–water partition coefficient (Wildman–Crippen LogP) is 2.90. The maximum atomic E-state index is 12.6. The Morgan fingerprint density at radius 2 is 2.00 bits per heavy atom. The highest BCUT2D eigenvalue weighted by Crippen LogP contribution is 2.36. The quantitative estimate of drug-likeness (QED) is 0.646. The molecule has 0 bridgehead atoms. The average Bonchev–Trinajstić information content (AvgIpc) is 3.28. The molecule has 1 aromatic carbocycles. The zero-order chi connectivity index (χ0) is 20.1. The highest BCUT2D eigenvalue weighted by Gasteiger charge is 2.34. The summed E-state index contributed by atoms with van der Waals surface area (Å²) < 4.78 is 22.9. The molecule has 3 aromatic rings. The van der Waals surface area contributed by atoms with Crippen LogP contribution in [-0.2, 0) is 4.79 Å². The van der Waals surface area contributed by atoms with Crippen LogP contribution in [0.3, 0.4) is 0 Å². The minimum Gasteiger partial charge on any atom is -0.422 e. The van der Waals surface area contributed by atoms with E-state index < -0.39 is 6.10 Å². The Kier molecular flexibility index (Phi) is 6.15. The van der Waals surface area contributed by atoms with Gasteiger partial charge in [-0.2, -0.15) is 0 Å². The topological polar surface area (TPSA) is 114 Å². The minimum absolute atomic E-state index is 0.211. The summed E-state index contributed by atoms with van der Waals surface area (Å²) >= 11 is 0. The molecule has 0 radical (unpaired) electrons. The molecule has 148 valence electrons. The van der Waals surface area contributed by atoms with Gasteiger partial charge in [0.05, 0.1) is 5.69 Å². The second-order valence-electron chi connectivity index (χ2n) is 6.64. The van der Waals surface area contributed by atoms with Crippen LogP contribution in [0.15, 0.2) is 39.3 Å². The minimum atomic E-state index is -0.727. The lowest BCUT2D eigenvalue weighted by molar-refractivity contribution is -0.110. The van der Waals surface area contributed by atoms with Crippen LogP contribution in [0.2, 0.25) is 0 Å². The van der Waals surface area contributed by atoms with Gasteiger partial charge in [-0.3, -0.25) is 4.79 Å². The lowest BCUT2D eigenvalue weighted by Crippen LogP contribution is -2.39. The number of nitrogens with one attached hydrogen (secondary N) is 1. The number of benzene rings is 1. The van der Waals surface area contributed by atoms with Crippen LogP contribution in [0.4, 0.5) is 4.39 Å². The third kappa shape index (κ3) is 4.80. The first kappa shape index (κ1) is 19.7. The SMILES string of the molecule is CC(O)c1nnc(C2CC(NC=O)C2)o1.Cc1cc(-c2ccc(F)cc2)on1. The van der Waals surface area contributed by atoms with Gasteiger partial charge in [0.1, 0.15) is 11.9 Å². The smallest absolute Gasteiger partial charge is 0.244 e. The molecule has 2 aromatic heterocycles. The number of carbonyl (C=O) groups is 1. The van der Waals surface area contributed by atoms with Crippen molar-refractivity contribution >= 4 is 6.41 Å². The van der Waals surface area contributed by atoms with E-state index in [0.29, 0.717) is 18.1 Å². The van der Waals surface area contributed by atoms with Gasteiger partial charge in [0.15, 0.2) is 5.76 Å². The zero-order valence-electron chi connectivity index (χ0n) is 15.5. The Morgan fingerprint density at radius 3 is 2.54 bits per heavy atom. The molecule has 1 atom stereocenters. The maximum Gasteiger partial charge on any atom is 0.244 e. The largest absolute Gasteiger partial charge is 0.422 e. The van der Waals surface area contributed by atoms with Gasteiger partial charge in [0.2, 0.25) is 18.2 Å². The number of nitrogens with zero attached hydrogens (tertiary/aromatic N) is 3. The molecule has 1 aliphatic rings. The summed E-state index contributed by atoms with van der Waals surface area (Å²) in [5.74, 6) is 1.42. The number of hydrogen-bond donors (Lipinski definition) is 2. The predicted molar refractivity (Wildman–Crippen MR) is 96.5 cm³/mol. The molecule has 2 heterocycles. The summed E-state index contributed by atoms with van der Waals surface area (Å²) in [5, 5.41) is 23.2. The molecule has 1 aliphatic carbocycles. The van der Waals surface area contributed by atoms with Crippen LogP contribution >= 0.6 is 0 Å². The number of aromatic nitrogens is 3. The second kappa shape index (κ2) is 8.75. The fraction of sp³-hybridized carbons (Fsp3) is 0.368. The Labute approximate surface area is 160 Å². The van der Waals surface area contributed by atoms with E-state index >= 15 is 0 Å². The lowest BCUT2D eigenvalue weighted by atomic mass is 9.80. The molecule has 8 nitrogen and oxygen atoms in total. The van der Waals surface area contributed by atoms with E-state index in [4.69, 9.17) is 8.94 Å². The first-order chi connectivity index (χ1) is 13.5. The van der Waals surface area contributed by atoms with Gasteiger partial charge in [-0.05, 0) is 51.0 Å². The average molecular weight is 388 g/mol. The van der Waals surface area contributed by atoms with E-state index in [2.05, 4.69) is 20.7 Å². The van der Waals surface area contributed by atoms with Gasteiger partial charge in [-0.25, -0.2) is 4.39 Å². The van der Waals surface area contributed by atoms with E-state index in [-0.39, 0.29) is 23.7 Å². The molecule has 1 fully saturated rings. The fourth-order valence-electron chi connectivity index (χ4n) is 2.75. The van der Waals surface area contributed by atoms with Crippen molar-refractivity contribution < 1.29 is 23.2 Å². The van der Waals surface area contributed by atoms with Crippen molar-refractivity contribution in [1.29, 1.82) is 0 Å². The van der Waals surface area contributed by atoms with Crippen LogP contribution in [-0.4, -0.2) is 32.9 Å². The Balaban J connectivity index is 0.000000162. The number of aliphatic hydroxyl groups is 1. The Morgan fingerprint density at radius 1 is 1.29 bits per heavy atom. The van der Waals surface area contributed by atoms with Crippen molar-refractivity contribution in [2.75, 3.05) is 0 Å². The van der Waals surface area contributed by atoms with Crippen LogP contribution in [0, 0.1) is 12.7 Å². The van der Waals surface area contributed by atoms with Gasteiger partial charge >= 0.3 is 0 Å². The van der Waals surface area contributed by atoms with E-state index in [0.717, 1.165) is 24.1 Å². The number of rotatable bonds is 5. The maximum absolute atomic E-state index is 12.6. The van der Waals surface area contributed by atoms with Crippen LogP contribution < -0.4 is 5.32 Å². The molecule has 2 N–H and O–H groups in total. The lowest BCUT2D eigenvalue weighted by Gasteiger charge is -2.32. The fourth-order valence-corrected chi connectivity index (χ4v) is 2.75. The number of amides is 1. The molecule has 0 saturated heterocycles. The molecule has 1 unspecified atom stereocenters. The third-order valence-electron chi connectivity index (χ3n) is 4.36. The number of aryl methyl sites for hydroxylation is 1. The third-order valence-corrected chi connectivity index (χ3v) is 4.36. The van der Waals surface area contributed by atoms with Gasteiger partial charge in [0.25, 0.3) is 0 Å². The van der Waals surface area contributed by atoms with Gasteiger partial charge in [-0.15, -0.1) is 10.2 Å². The summed E-state index contributed by atoms with van der Waals surface area (Å²) in [6, 6.07) is 8.15. The first-order valence-corrected chi connectivity index (χ1v) is 8.86. The standard InChI is InChI=1S/C10H8FNO.C9H13N3O3/c1-7-6-10(13-12-7)8-2-4-9(11)5-3-8;1-5(14)8-11-12-9(15-8)6-2-7(3-6)10-4-13/h2-6H,1H3;4-7,14H,2-3H2,1H3,(H,10,13). The first-order valence-electron chi connectivity index (χ1n) is 8.86. The van der Waals surface area contributed by atoms with Crippen molar-refractivity contribution in [3.63, 3.8) is 0 Å². The van der Waals surface area contributed by atoms with Crippen molar-refractivity contribution in [3.8, 4) is 11.3 Å². The zero-order valence-corrected chi connectivity index (χ0v) is 15.5. The van der Waals surface area contributed by atoms with E-state index in [1.165, 1.54) is 12.1 Å². The van der Waals surface area contributed by atoms with Gasteiger partial charge in [-0.1, -0.05) is 5.16 Å². The van der Waals surface area contributed by atoms with Crippen LogP contribution in [0.5, 0.6) is 0 Å². The molecule has 0 aliphatic heterocycles. The van der Waals surface area contributed by atoms with Crippen molar-refractivity contribution in [3.05, 3.63) is 53.6 Å². The molecule has 0 spiro atoms. The van der Waals surface area contributed by atoms with Gasteiger partial charge in [0, 0.05) is 23.6 Å². The summed E-state index contributed by atoms with van der Waals surface area (Å²) in [4.78, 5) is 10.1. The Hall–Kier alpha value is -3.07. The monoisotopic (exact) mass is 388 g/mol. The molecule has 1 saturated carbocycles. The summed E-state index contributed by atoms with van der Waals surface area (Å²) in [6.45, 7) is 3.42. The highest BCUT2D eigenvalue weighted by molar-refractivity contribution is 5.56. The highest BCUT2D eigenvalue weighted by atomic mass is 19.1. The van der Waals surface area contributed by atoms with Crippen molar-refractivity contribution in [2.24, 2.45) is 0 Å². The number of aliphatic hydroxyl groups excluding tert-OH is 1. The molecule has 4 rings (SSSR count). The van der Waals surface area contributed by atoms with E-state index in [1.807, 2.05) is 13.0 Å².